The van der Waals surface area contributed by atoms with Crippen LogP contribution in [0.1, 0.15) is 45.4 Å². The molecule has 3 heteroatoms. The van der Waals surface area contributed by atoms with Gasteiger partial charge in [0.2, 0.25) is 0 Å². The standard InChI is InChI=1S/C9H15NO2/c1-2-9(11)12-10-8-6-4-3-5-7-8/h2-7H2,1H3. The van der Waals surface area contributed by atoms with E-state index in [4.69, 9.17) is 0 Å². The van der Waals surface area contributed by atoms with Crippen LogP contribution in [0.15, 0.2) is 5.16 Å². The molecule has 0 aromatic heterocycles. The van der Waals surface area contributed by atoms with Gasteiger partial charge in [-0.05, 0) is 25.7 Å². The van der Waals surface area contributed by atoms with Crippen molar-refractivity contribution < 1.29 is 9.63 Å². The van der Waals surface area contributed by atoms with Crippen LogP contribution in [0.25, 0.3) is 0 Å². The zero-order valence-corrected chi connectivity index (χ0v) is 7.51. The van der Waals surface area contributed by atoms with Gasteiger partial charge in [-0.1, -0.05) is 18.5 Å². The van der Waals surface area contributed by atoms with Crippen LogP contribution >= 0.6 is 0 Å². The van der Waals surface area contributed by atoms with Gasteiger partial charge < -0.3 is 4.84 Å². The minimum atomic E-state index is -0.243. The molecule has 0 radical (unpaired) electrons. The van der Waals surface area contributed by atoms with E-state index < -0.39 is 0 Å². The van der Waals surface area contributed by atoms with Crippen LogP contribution in [0.3, 0.4) is 0 Å². The summed E-state index contributed by atoms with van der Waals surface area (Å²) in [5.41, 5.74) is 1.04. The fraction of sp³-hybridized carbons (Fsp3) is 0.778. The Morgan fingerprint density at radius 3 is 2.67 bits per heavy atom. The molecule has 0 heterocycles. The fourth-order valence-electron chi connectivity index (χ4n) is 1.23. The highest BCUT2D eigenvalue weighted by molar-refractivity contribution is 5.85. The van der Waals surface area contributed by atoms with E-state index in [1.807, 2.05) is 0 Å². The number of hydrogen-bond acceptors (Lipinski definition) is 3. The average Bonchev–Trinajstić information content (AvgIpc) is 2.16. The lowest BCUT2D eigenvalue weighted by Crippen LogP contribution is -2.07. The van der Waals surface area contributed by atoms with Crippen LogP contribution in [0.5, 0.6) is 0 Å². The predicted molar refractivity (Wildman–Crippen MR) is 46.9 cm³/mol. The van der Waals surface area contributed by atoms with Crippen molar-refractivity contribution in [3.8, 4) is 0 Å². The summed E-state index contributed by atoms with van der Waals surface area (Å²) >= 11 is 0. The zero-order chi connectivity index (χ0) is 8.81. The average molecular weight is 169 g/mol. The van der Waals surface area contributed by atoms with E-state index in [0.29, 0.717) is 6.42 Å². The lowest BCUT2D eigenvalue weighted by atomic mass is 9.99. The van der Waals surface area contributed by atoms with Gasteiger partial charge in [-0.3, -0.25) is 0 Å². The van der Waals surface area contributed by atoms with Crippen molar-refractivity contribution >= 4 is 11.7 Å². The van der Waals surface area contributed by atoms with Crippen LogP contribution in [-0.4, -0.2) is 11.7 Å². The number of nitrogens with zero attached hydrogens (tertiary/aromatic N) is 1. The molecule has 12 heavy (non-hydrogen) atoms. The first-order chi connectivity index (χ1) is 5.83. The van der Waals surface area contributed by atoms with Crippen molar-refractivity contribution in [1.29, 1.82) is 0 Å². The molecule has 1 saturated carbocycles. The molecule has 0 saturated heterocycles. The smallest absolute Gasteiger partial charge is 0.318 e. The van der Waals surface area contributed by atoms with E-state index in [-0.39, 0.29) is 5.97 Å². The van der Waals surface area contributed by atoms with E-state index in [1.165, 1.54) is 19.3 Å². The molecule has 0 N–H and O–H groups in total. The normalized spacial score (nSPS) is 17.2. The quantitative estimate of drug-likeness (QED) is 0.469. The molecule has 0 atom stereocenters. The molecule has 0 aromatic carbocycles. The molecule has 1 rings (SSSR count). The second kappa shape index (κ2) is 4.91. The van der Waals surface area contributed by atoms with Crippen molar-refractivity contribution in [2.75, 3.05) is 0 Å². The molecule has 0 unspecified atom stereocenters. The Hall–Kier alpha value is -0.860. The Morgan fingerprint density at radius 1 is 1.42 bits per heavy atom. The van der Waals surface area contributed by atoms with E-state index in [1.54, 1.807) is 6.92 Å². The minimum absolute atomic E-state index is 0.243. The summed E-state index contributed by atoms with van der Waals surface area (Å²) in [6.07, 6.45) is 6.04. The first kappa shape index (κ1) is 9.23. The van der Waals surface area contributed by atoms with Gasteiger partial charge in [0.15, 0.2) is 0 Å². The van der Waals surface area contributed by atoms with Crippen molar-refractivity contribution in [2.45, 2.75) is 45.4 Å². The van der Waals surface area contributed by atoms with E-state index >= 15 is 0 Å². The number of carbonyl (C=O) groups is 1. The van der Waals surface area contributed by atoms with E-state index in [0.717, 1.165) is 18.6 Å². The zero-order valence-electron chi connectivity index (χ0n) is 7.51. The highest BCUT2D eigenvalue weighted by Gasteiger charge is 2.07. The second-order valence-corrected chi connectivity index (χ2v) is 3.04. The van der Waals surface area contributed by atoms with Gasteiger partial charge in [0.25, 0.3) is 0 Å². The maximum Gasteiger partial charge on any atom is 0.334 e. The van der Waals surface area contributed by atoms with E-state index in [2.05, 4.69) is 9.99 Å². The Labute approximate surface area is 72.8 Å². The van der Waals surface area contributed by atoms with Gasteiger partial charge in [-0.15, -0.1) is 0 Å². The van der Waals surface area contributed by atoms with Gasteiger partial charge in [0, 0.05) is 6.42 Å². The molecule has 0 bridgehead atoms. The number of hydrogen-bond donors (Lipinski definition) is 0. The van der Waals surface area contributed by atoms with Crippen molar-refractivity contribution in [2.24, 2.45) is 5.16 Å². The third kappa shape index (κ3) is 3.03. The first-order valence-electron chi connectivity index (χ1n) is 4.58. The summed E-state index contributed by atoms with van der Waals surface area (Å²) in [6, 6.07) is 0. The third-order valence-electron chi connectivity index (χ3n) is 2.00. The molecule has 1 aliphatic rings. The molecular formula is C9H15NO2. The summed E-state index contributed by atoms with van der Waals surface area (Å²) in [4.78, 5) is 15.4. The molecule has 68 valence electrons. The van der Waals surface area contributed by atoms with Crippen LogP contribution in [0.4, 0.5) is 0 Å². The molecule has 0 aromatic rings. The number of rotatable bonds is 2. The molecule has 3 nitrogen and oxygen atoms in total. The Kier molecular flexibility index (Phi) is 3.77. The van der Waals surface area contributed by atoms with Gasteiger partial charge in [0.05, 0.1) is 5.71 Å². The summed E-state index contributed by atoms with van der Waals surface area (Å²) in [5.74, 6) is -0.243. The Bertz CT molecular complexity index is 179. The minimum Gasteiger partial charge on any atom is -0.318 e. The molecule has 0 aliphatic heterocycles. The molecular weight excluding hydrogens is 154 g/mol. The van der Waals surface area contributed by atoms with Crippen LogP contribution in [0.2, 0.25) is 0 Å². The van der Waals surface area contributed by atoms with Crippen molar-refractivity contribution in [3.05, 3.63) is 0 Å². The van der Waals surface area contributed by atoms with Crippen molar-refractivity contribution in [1.82, 2.24) is 0 Å². The fourth-order valence-corrected chi connectivity index (χ4v) is 1.23. The maximum absolute atomic E-state index is 10.7. The SMILES string of the molecule is CCC(=O)ON=C1CCCCC1. The van der Waals surface area contributed by atoms with Gasteiger partial charge >= 0.3 is 5.97 Å². The maximum atomic E-state index is 10.7. The molecule has 0 spiro atoms. The van der Waals surface area contributed by atoms with Crippen molar-refractivity contribution in [3.63, 3.8) is 0 Å². The lowest BCUT2D eigenvalue weighted by Gasteiger charge is -2.10. The largest absolute Gasteiger partial charge is 0.334 e. The summed E-state index contributed by atoms with van der Waals surface area (Å²) < 4.78 is 0. The topological polar surface area (TPSA) is 38.7 Å². The predicted octanol–water partition coefficient (Wildman–Crippen LogP) is 2.26. The Morgan fingerprint density at radius 2 is 2.08 bits per heavy atom. The van der Waals surface area contributed by atoms with Gasteiger partial charge in [-0.2, -0.15) is 0 Å². The van der Waals surface area contributed by atoms with Crippen LogP contribution in [-0.2, 0) is 9.63 Å². The Balaban J connectivity index is 2.29. The summed E-state index contributed by atoms with van der Waals surface area (Å²) in [5, 5.41) is 3.82. The van der Waals surface area contributed by atoms with Crippen LogP contribution < -0.4 is 0 Å². The first-order valence-corrected chi connectivity index (χ1v) is 4.58. The van der Waals surface area contributed by atoms with Gasteiger partial charge in [-0.25, -0.2) is 4.79 Å². The number of carbonyl (C=O) groups excluding carboxylic acids is 1. The third-order valence-corrected chi connectivity index (χ3v) is 2.00. The lowest BCUT2D eigenvalue weighted by molar-refractivity contribution is -0.143. The summed E-state index contributed by atoms with van der Waals surface area (Å²) in [6.45, 7) is 1.77. The molecule has 0 amide bonds. The monoisotopic (exact) mass is 169 g/mol. The summed E-state index contributed by atoms with van der Waals surface area (Å²) in [7, 11) is 0. The van der Waals surface area contributed by atoms with Gasteiger partial charge in [0.1, 0.15) is 0 Å². The highest BCUT2D eigenvalue weighted by Crippen LogP contribution is 2.14. The van der Waals surface area contributed by atoms with E-state index in [9.17, 15) is 4.79 Å². The highest BCUT2D eigenvalue weighted by atomic mass is 16.7. The second-order valence-electron chi connectivity index (χ2n) is 3.04. The van der Waals surface area contributed by atoms with Crippen LogP contribution in [0, 0.1) is 0 Å². The molecule has 1 aliphatic carbocycles. The molecule has 1 fully saturated rings. The number of oxime groups is 1.